The number of benzene rings is 8. The number of aromatic carboxylic acids is 1. The van der Waals surface area contributed by atoms with E-state index < -0.39 is 17.6 Å². The van der Waals surface area contributed by atoms with Gasteiger partial charge < -0.3 is 40.4 Å². The van der Waals surface area contributed by atoms with Crippen LogP contribution in [-0.4, -0.2) is 88.2 Å². The number of pyridine rings is 5. The molecule has 28 heteroatoms. The molecule has 0 unspecified atom stereocenters. The third-order valence-electron chi connectivity index (χ3n) is 15.6. The van der Waals surface area contributed by atoms with Crippen molar-refractivity contribution in [3.63, 3.8) is 0 Å². The maximum Gasteiger partial charge on any atom is 0.354 e. The summed E-state index contributed by atoms with van der Waals surface area (Å²) in [6.07, 6.45) is 20.5. The Morgan fingerprint density at radius 2 is 0.895 bits per heavy atom. The normalized spacial score (nSPS) is 10.6. The van der Waals surface area contributed by atoms with Crippen molar-refractivity contribution in [2.75, 3.05) is 0 Å². The van der Waals surface area contributed by atoms with Crippen molar-refractivity contribution in [1.29, 1.82) is 0 Å². The molecule has 8 aromatic heterocycles. The number of aliphatic hydroxyl groups excluding tert-OH is 3. The number of allylic oxidation sites excluding steroid dienone is 8. The molecular weight excluding hydrogens is 2670 g/mol. The number of para-hydroxylation sites is 3. The van der Waals surface area contributed by atoms with Gasteiger partial charge >= 0.3 is 5.97 Å². The minimum atomic E-state index is -0.990. The molecule has 124 heavy (non-hydrogen) atoms. The molecule has 0 bridgehead atoms. The molecule has 650 valence electrons. The van der Waals surface area contributed by atoms with Crippen LogP contribution in [0.25, 0.3) is 92.8 Å². The van der Waals surface area contributed by atoms with Gasteiger partial charge in [-0.2, -0.15) is 27.9 Å². The van der Waals surface area contributed by atoms with E-state index in [1.54, 1.807) is 88.0 Å². The Morgan fingerprint density at radius 3 is 1.31 bits per heavy atom. The van der Waals surface area contributed by atoms with Crippen LogP contribution in [0.2, 0.25) is 0 Å². The number of fused-ring (bicyclic) bond motifs is 4. The van der Waals surface area contributed by atoms with Crippen LogP contribution in [0.15, 0.2) is 327 Å². The number of thiophene rings is 1. The Labute approximate surface area is 801 Å². The Balaban J connectivity index is 0.000000471. The number of aliphatic hydroxyl groups is 3. The summed E-state index contributed by atoms with van der Waals surface area (Å²) in [5.41, 5.74) is 10.7. The number of rotatable bonds is 10. The first-order valence-electron chi connectivity index (χ1n) is 36.4. The van der Waals surface area contributed by atoms with Crippen molar-refractivity contribution in [3.05, 3.63) is 399 Å². The number of carbonyl (C=O) groups is 4. The summed E-state index contributed by atoms with van der Waals surface area (Å²) < 4.78 is 56.1. The van der Waals surface area contributed by atoms with Crippen molar-refractivity contribution in [2.24, 2.45) is 0 Å². The Morgan fingerprint density at radius 1 is 0.435 bits per heavy atom. The molecule has 17 rings (SSSR count). The van der Waals surface area contributed by atoms with E-state index in [-0.39, 0.29) is 178 Å². The first-order chi connectivity index (χ1) is 57.0. The summed E-state index contributed by atoms with van der Waals surface area (Å²) in [5.74, 6) is -3.05. The Hall–Kier alpha value is -10.9. The second-order valence-electron chi connectivity index (χ2n) is 25.1. The van der Waals surface area contributed by atoms with Crippen LogP contribution >= 0.6 is 11.3 Å². The smallest absolute Gasteiger partial charge is 0.354 e. The molecule has 16 aromatic rings. The molecule has 17 nitrogen and oxygen atoms in total. The quantitative estimate of drug-likeness (QED) is 0.0430. The molecule has 0 fully saturated rings. The van der Waals surface area contributed by atoms with E-state index in [0.717, 1.165) is 91.2 Å². The maximum atomic E-state index is 13.2. The topological polar surface area (TPSA) is 249 Å². The average molecular weight is 2750 g/mol. The predicted octanol–water partition coefficient (Wildman–Crippen LogP) is 22.6. The molecular formula is C96H79F4Ir6N9O8S-6. The van der Waals surface area contributed by atoms with Crippen LogP contribution in [0, 0.1) is 59.7 Å². The van der Waals surface area contributed by atoms with Gasteiger partial charge in [0.2, 0.25) is 0 Å². The number of nitrogens with zero attached hydrogens (tertiary/aromatic N) is 9. The molecule has 0 aliphatic heterocycles. The Kier molecular flexibility index (Phi) is 52.0. The van der Waals surface area contributed by atoms with Crippen molar-refractivity contribution < 1.29 is 178 Å². The molecule has 8 aromatic carbocycles. The molecule has 1 aliphatic rings. The van der Waals surface area contributed by atoms with E-state index in [0.29, 0.717) is 5.69 Å². The van der Waals surface area contributed by atoms with Gasteiger partial charge in [0, 0.05) is 209 Å². The van der Waals surface area contributed by atoms with Gasteiger partial charge in [-0.25, -0.2) is 21.1 Å². The molecule has 8 heterocycles. The van der Waals surface area contributed by atoms with Gasteiger partial charge in [0.05, 0.1) is 40.7 Å². The number of carboxylic acids is 1. The van der Waals surface area contributed by atoms with Gasteiger partial charge in [-0.1, -0.05) is 145 Å². The number of halogens is 4. The molecule has 0 spiro atoms. The number of aromatic nitrogens is 9. The zero-order valence-corrected chi connectivity index (χ0v) is 82.1. The third kappa shape index (κ3) is 38.1. The number of hydrogen-bond donors (Lipinski definition) is 4. The molecule has 0 saturated carbocycles. The van der Waals surface area contributed by atoms with E-state index >= 15 is 0 Å². The fourth-order valence-electron chi connectivity index (χ4n) is 10.6. The van der Waals surface area contributed by atoms with Gasteiger partial charge in [-0.05, 0) is 128 Å². The van der Waals surface area contributed by atoms with E-state index in [4.69, 9.17) is 20.4 Å². The van der Waals surface area contributed by atoms with Crippen molar-refractivity contribution in [1.82, 2.24) is 44.5 Å². The fourth-order valence-corrected chi connectivity index (χ4v) is 11.5. The average Bonchev–Trinajstić information content (AvgIpc) is 1.61. The summed E-state index contributed by atoms with van der Waals surface area (Å²) in [6, 6.07) is 91.4. The third-order valence-corrected chi connectivity index (χ3v) is 16.7. The fraction of sp³-hybridized carbons (Fsp3) is 0.0938. The second-order valence-corrected chi connectivity index (χ2v) is 26.2. The number of carboxylic acid groups (broad SMARTS) is 1. The summed E-state index contributed by atoms with van der Waals surface area (Å²) in [5, 5.41) is 46.4. The Bertz CT molecular complexity index is 5760. The summed E-state index contributed by atoms with van der Waals surface area (Å²) in [7, 11) is 0. The van der Waals surface area contributed by atoms with Crippen molar-refractivity contribution in [2.45, 2.75) is 60.8 Å². The first-order valence-corrected chi connectivity index (χ1v) is 37.2. The molecule has 1 aliphatic carbocycles. The van der Waals surface area contributed by atoms with Gasteiger partial charge in [0.25, 0.3) is 0 Å². The number of ketones is 3. The number of carbonyl (C=O) groups excluding carboxylic acids is 3. The van der Waals surface area contributed by atoms with Crippen LogP contribution in [0.4, 0.5) is 17.6 Å². The zero-order valence-electron chi connectivity index (χ0n) is 66.9. The van der Waals surface area contributed by atoms with E-state index in [1.165, 1.54) is 124 Å². The van der Waals surface area contributed by atoms with Crippen LogP contribution in [0.5, 0.6) is 0 Å². The number of hydrogen-bond acceptors (Lipinski definition) is 15. The molecule has 6 radical (unpaired) electrons. The van der Waals surface area contributed by atoms with Gasteiger partial charge in [-0.15, -0.1) is 120 Å². The molecule has 0 atom stereocenters. The minimum Gasteiger partial charge on any atom is -0.512 e. The van der Waals surface area contributed by atoms with E-state index in [9.17, 15) is 36.7 Å². The monoisotopic (exact) mass is 2750 g/mol. The van der Waals surface area contributed by atoms with Crippen LogP contribution < -0.4 is 0 Å². The van der Waals surface area contributed by atoms with Gasteiger partial charge in [0.1, 0.15) is 5.69 Å². The maximum absolute atomic E-state index is 13.2. The standard InChI is InChI=1S/C14H12N.2C13H8FN2.C13H8NS.C11H6F2N.C11H8N.C6H5NO2.3C5H8O2.6Ir/c1-2-6-11(5-1)14-10-9-12-7-3-4-8-13(12)15-14;2*14-11-5-7-12(8-6-11)16-13-4-2-1-3-10(13)9-15-16;1-2-7-12-10(5-1)9-13(15-12)11-6-3-4-8-14-11;12-8-4-5-9(10(13)7-8)11-3-1-2-6-14-11;1-2-6-10(7-3-1)11-8-4-5-9-12-11;8-6(9)5-3-1-2-4-7-5;3*1-4(6)3-5(2)7;;;;;;/h3-4,7-10H,1-2,5H2;2*1-7,9H;1-8H;1-4,6-7H;1-6,8-9H;1-4H,(H,8,9);3*3,6H,1-2H3;;;;;;/q6*-1;;;;;;;;;;. The summed E-state index contributed by atoms with van der Waals surface area (Å²) in [6.45, 7) is 8.54. The molecule has 0 amide bonds. The van der Waals surface area contributed by atoms with Gasteiger partial charge in [0.15, 0.2) is 17.3 Å². The molecule has 0 saturated heterocycles. The van der Waals surface area contributed by atoms with Crippen LogP contribution in [0.3, 0.4) is 0 Å². The minimum absolute atomic E-state index is 0. The zero-order chi connectivity index (χ0) is 84.6. The van der Waals surface area contributed by atoms with E-state index in [2.05, 4.69) is 114 Å². The largest absolute Gasteiger partial charge is 0.512 e. The SMILES string of the molecule is CC(=O)C=C(C)O.CC(=O)C=C(C)O.CC(=O)C=C(C)O.Fc1c[c-]c(-c2ccccn2)c(F)c1.Fc1c[c-]c(-n2ncc3ccccc32)cc1.Fc1c[c-]c(-n2ncc3ccccc32)cc1.O=C(O)c1ccccn1.[C-]1=C(c2ccc3ccccc3n2)CCC1.[Ir].[Ir].[Ir].[Ir].[Ir].[Ir].[c-]1c(-c2ccccn2)sc2ccccc12.[c-]1ccccc1-c1ccccn1. The van der Waals surface area contributed by atoms with Gasteiger partial charge in [-0.3, -0.25) is 47.4 Å². The van der Waals surface area contributed by atoms with Crippen molar-refractivity contribution in [3.8, 4) is 44.5 Å². The second kappa shape index (κ2) is 59.1. The molecule has 4 N–H and O–H groups in total. The summed E-state index contributed by atoms with van der Waals surface area (Å²) in [4.78, 5) is 62.0. The van der Waals surface area contributed by atoms with Crippen LogP contribution in [0.1, 0.15) is 77.0 Å². The summed E-state index contributed by atoms with van der Waals surface area (Å²) >= 11 is 1.73. The predicted molar refractivity (Wildman–Crippen MR) is 455 cm³/mol. The first kappa shape index (κ1) is 109. The van der Waals surface area contributed by atoms with Crippen molar-refractivity contribution >= 4 is 83.0 Å². The van der Waals surface area contributed by atoms with Crippen LogP contribution in [-0.2, 0) is 135 Å². The van der Waals surface area contributed by atoms with E-state index in [1.807, 2.05) is 134 Å².